The van der Waals surface area contributed by atoms with Crippen LogP contribution in [0.15, 0.2) is 24.3 Å². The zero-order valence-corrected chi connectivity index (χ0v) is 10.4. The third-order valence-corrected chi connectivity index (χ3v) is 2.54. The van der Waals surface area contributed by atoms with Gasteiger partial charge in [-0.05, 0) is 18.2 Å². The van der Waals surface area contributed by atoms with Gasteiger partial charge in [0, 0.05) is 13.1 Å². The second-order valence-corrected chi connectivity index (χ2v) is 4.04. The van der Waals surface area contributed by atoms with Gasteiger partial charge in [0.1, 0.15) is 11.9 Å². The van der Waals surface area contributed by atoms with E-state index in [0.29, 0.717) is 18.2 Å². The Morgan fingerprint density at radius 2 is 1.76 bits per heavy atom. The Kier molecular flexibility index (Phi) is 3.60. The van der Waals surface area contributed by atoms with Crippen molar-refractivity contribution in [3.05, 3.63) is 41.6 Å². The minimum absolute atomic E-state index is 0.167. The minimum atomic E-state index is -4.85. The van der Waals surface area contributed by atoms with E-state index in [0.717, 1.165) is 10.7 Å². The summed E-state index contributed by atoms with van der Waals surface area (Å²) >= 11 is 0. The molecule has 0 atom stereocenters. The first-order chi connectivity index (χ1) is 9.59. The molecule has 0 N–H and O–H groups in total. The van der Waals surface area contributed by atoms with E-state index in [2.05, 4.69) is 11.3 Å². The van der Waals surface area contributed by atoms with E-state index < -0.39 is 29.2 Å². The average molecular weight is 309 g/mol. The Morgan fingerprint density at radius 3 is 2.24 bits per heavy atom. The summed E-state index contributed by atoms with van der Waals surface area (Å²) in [6.07, 6.45) is -7.32. The highest BCUT2D eigenvalue weighted by atomic mass is 19.4. The molecular weight excluding hydrogens is 302 g/mol. The number of alkyl halides is 6. The van der Waals surface area contributed by atoms with Crippen LogP contribution in [0.4, 0.5) is 26.3 Å². The average Bonchev–Trinajstić information content (AvgIpc) is 2.72. The van der Waals surface area contributed by atoms with Gasteiger partial charge in [-0.15, -0.1) is 0 Å². The summed E-state index contributed by atoms with van der Waals surface area (Å²) in [5.74, 6) is -1.12. The maximum absolute atomic E-state index is 12.8. The highest BCUT2D eigenvalue weighted by Gasteiger charge is 2.38. The van der Waals surface area contributed by atoms with Crippen LogP contribution >= 0.6 is 0 Å². The van der Waals surface area contributed by atoms with E-state index in [-0.39, 0.29) is 5.88 Å². The number of aryl methyl sites for hydroxylation is 1. The molecule has 2 aromatic rings. The van der Waals surface area contributed by atoms with Crippen molar-refractivity contribution in [1.29, 1.82) is 0 Å². The largest absolute Gasteiger partial charge is 0.439 e. The van der Waals surface area contributed by atoms with Gasteiger partial charge in [0.2, 0.25) is 5.88 Å². The summed E-state index contributed by atoms with van der Waals surface area (Å²) in [5.41, 5.74) is -2.55. The maximum Gasteiger partial charge on any atom is 0.419 e. The molecule has 1 heterocycles. The van der Waals surface area contributed by atoms with Gasteiger partial charge in [0.25, 0.3) is 0 Å². The molecule has 0 aliphatic carbocycles. The number of benzene rings is 1. The van der Waals surface area contributed by atoms with Crippen LogP contribution in [0.3, 0.4) is 0 Å². The predicted molar refractivity (Wildman–Crippen MR) is 58.6 cm³/mol. The van der Waals surface area contributed by atoms with Crippen molar-refractivity contribution in [3.63, 3.8) is 0 Å². The van der Waals surface area contributed by atoms with Gasteiger partial charge in [0.15, 0.2) is 0 Å². The lowest BCUT2D eigenvalue weighted by Crippen LogP contribution is -2.11. The molecule has 21 heavy (non-hydrogen) atoms. The summed E-state index contributed by atoms with van der Waals surface area (Å²) in [6.45, 7) is 0. The predicted octanol–water partition coefficient (Wildman–Crippen LogP) is 4.05. The Labute approximate surface area is 114 Å². The molecule has 0 fully saturated rings. The Bertz CT molecular complexity index is 644. The second-order valence-electron chi connectivity index (χ2n) is 4.04. The van der Waals surface area contributed by atoms with Gasteiger partial charge in [0.05, 0.1) is 11.1 Å². The highest BCUT2D eigenvalue weighted by molar-refractivity contribution is 5.42. The normalized spacial score (nSPS) is 12.5. The van der Waals surface area contributed by atoms with Crippen molar-refractivity contribution in [2.75, 3.05) is 0 Å². The van der Waals surface area contributed by atoms with Crippen LogP contribution in [0.25, 0.3) is 0 Å². The third kappa shape index (κ3) is 3.29. The van der Waals surface area contributed by atoms with Crippen LogP contribution in [-0.4, -0.2) is 9.78 Å². The first-order valence-corrected chi connectivity index (χ1v) is 5.45. The summed E-state index contributed by atoms with van der Waals surface area (Å²) in [7, 11) is 1.35. The van der Waals surface area contributed by atoms with Crippen LogP contribution in [0.2, 0.25) is 0 Å². The van der Waals surface area contributed by atoms with Crippen molar-refractivity contribution in [2.24, 2.45) is 7.05 Å². The van der Waals surface area contributed by atoms with Crippen molar-refractivity contribution >= 4 is 0 Å². The Hall–Kier alpha value is -2.19. The lowest BCUT2D eigenvalue weighted by Gasteiger charge is -2.16. The Morgan fingerprint density at radius 1 is 1.10 bits per heavy atom. The van der Waals surface area contributed by atoms with Crippen molar-refractivity contribution in [2.45, 2.75) is 12.4 Å². The Balaban J connectivity index is 2.51. The van der Waals surface area contributed by atoms with Gasteiger partial charge >= 0.3 is 12.4 Å². The molecule has 0 bridgehead atoms. The molecule has 0 amide bonds. The molecule has 0 saturated carbocycles. The van der Waals surface area contributed by atoms with E-state index in [4.69, 9.17) is 4.74 Å². The lowest BCUT2D eigenvalue weighted by molar-refractivity contribution is -0.142. The van der Waals surface area contributed by atoms with E-state index >= 15 is 0 Å². The fourth-order valence-electron chi connectivity index (χ4n) is 1.54. The molecule has 0 aliphatic heterocycles. The van der Waals surface area contributed by atoms with E-state index in [1.54, 1.807) is 0 Å². The fraction of sp³-hybridized carbons (Fsp3) is 0.250. The number of hydrogen-bond acceptors (Lipinski definition) is 2. The molecular formula is C12H7F6N2O. The SMILES string of the molecule is Cn1n[c]cc1Oc1cc(C(F)(F)F)ccc1C(F)(F)F. The zero-order chi connectivity index (χ0) is 15.8. The second kappa shape index (κ2) is 4.97. The number of ether oxygens (including phenoxy) is 1. The van der Waals surface area contributed by atoms with E-state index in [9.17, 15) is 26.3 Å². The van der Waals surface area contributed by atoms with Crippen LogP contribution < -0.4 is 4.74 Å². The smallest absolute Gasteiger partial charge is 0.419 e. The van der Waals surface area contributed by atoms with Gasteiger partial charge in [-0.1, -0.05) is 0 Å². The summed E-state index contributed by atoms with van der Waals surface area (Å²) in [5, 5.41) is 3.54. The van der Waals surface area contributed by atoms with Crippen LogP contribution in [-0.2, 0) is 19.4 Å². The van der Waals surface area contributed by atoms with E-state index in [1.807, 2.05) is 0 Å². The molecule has 0 unspecified atom stereocenters. The summed E-state index contributed by atoms with van der Waals surface area (Å²) in [4.78, 5) is 0. The minimum Gasteiger partial charge on any atom is -0.439 e. The monoisotopic (exact) mass is 309 g/mol. The maximum atomic E-state index is 12.8. The topological polar surface area (TPSA) is 27.1 Å². The molecule has 1 aromatic heterocycles. The van der Waals surface area contributed by atoms with Crippen LogP contribution in [0.1, 0.15) is 11.1 Å². The number of halogens is 6. The first kappa shape index (κ1) is 15.2. The molecule has 0 saturated heterocycles. The highest BCUT2D eigenvalue weighted by Crippen LogP contribution is 2.41. The molecule has 1 aromatic carbocycles. The quantitative estimate of drug-likeness (QED) is 0.783. The molecule has 0 spiro atoms. The van der Waals surface area contributed by atoms with Gasteiger partial charge in [-0.3, -0.25) is 0 Å². The first-order valence-electron chi connectivity index (χ1n) is 5.45. The number of rotatable bonds is 2. The number of hydrogen-bond donors (Lipinski definition) is 0. The molecule has 9 heteroatoms. The molecule has 113 valence electrons. The standard InChI is InChI=1S/C12H7F6N2O/c1-20-10(4-5-19-20)21-9-6-7(11(13,14)15)2-3-8(9)12(16,17)18/h2-4,6H,1H3. The van der Waals surface area contributed by atoms with Gasteiger partial charge in [-0.2, -0.15) is 31.4 Å². The number of nitrogens with zero attached hydrogens (tertiary/aromatic N) is 2. The molecule has 0 aliphatic rings. The van der Waals surface area contributed by atoms with Crippen molar-refractivity contribution in [3.8, 4) is 11.6 Å². The van der Waals surface area contributed by atoms with Crippen molar-refractivity contribution in [1.82, 2.24) is 9.78 Å². The van der Waals surface area contributed by atoms with Gasteiger partial charge < -0.3 is 4.74 Å². The van der Waals surface area contributed by atoms with Crippen molar-refractivity contribution < 1.29 is 31.1 Å². The molecule has 2 rings (SSSR count). The molecule has 1 radical (unpaired) electrons. The molecule has 3 nitrogen and oxygen atoms in total. The van der Waals surface area contributed by atoms with Crippen LogP contribution in [0.5, 0.6) is 11.6 Å². The third-order valence-electron chi connectivity index (χ3n) is 2.54. The van der Waals surface area contributed by atoms with Gasteiger partial charge in [-0.25, -0.2) is 4.68 Å². The summed E-state index contributed by atoms with van der Waals surface area (Å²) < 4.78 is 82.2. The number of aromatic nitrogens is 2. The van der Waals surface area contributed by atoms with E-state index in [1.165, 1.54) is 7.05 Å². The van der Waals surface area contributed by atoms with Crippen LogP contribution in [0, 0.1) is 6.20 Å². The zero-order valence-electron chi connectivity index (χ0n) is 10.4. The fourth-order valence-corrected chi connectivity index (χ4v) is 1.54. The summed E-state index contributed by atoms with van der Waals surface area (Å²) in [6, 6.07) is 2.10. The lowest BCUT2D eigenvalue weighted by atomic mass is 10.1.